The maximum Gasteiger partial charge on any atom is 0.187 e. The van der Waals surface area contributed by atoms with Gasteiger partial charge in [0.15, 0.2) is 18.6 Å². The lowest BCUT2D eigenvalue weighted by Crippen LogP contribution is -1.98. The molecule has 1 rings (SSSR count). The van der Waals surface area contributed by atoms with Gasteiger partial charge < -0.3 is 9.15 Å². The SMILES string of the molecule is O1O[SiH2][SiH2][SiH2]1. The Morgan fingerprint density at radius 1 is 1.00 bits per heavy atom. The molecule has 0 spiro atoms. The predicted octanol–water partition coefficient (Wildman–Crippen LogP) is -2.89. The van der Waals surface area contributed by atoms with Crippen molar-refractivity contribution in [1.82, 2.24) is 0 Å². The Labute approximate surface area is 37.1 Å². The molecule has 5 heteroatoms. The zero-order valence-corrected chi connectivity index (χ0v) is 7.18. The first-order valence-electron chi connectivity index (χ1n) is 1.74. The highest BCUT2D eigenvalue weighted by Gasteiger charge is 2.00. The van der Waals surface area contributed by atoms with Crippen LogP contribution in [0.15, 0.2) is 0 Å². The molecule has 0 N–H and O–H groups in total. The molecule has 5 heavy (non-hydrogen) atoms. The first-order valence-corrected chi connectivity index (χ1v) is 10.9. The fourth-order valence-electron chi connectivity index (χ4n) is 0.295. The van der Waals surface area contributed by atoms with Gasteiger partial charge in [0.2, 0.25) is 0 Å². The van der Waals surface area contributed by atoms with Crippen molar-refractivity contribution in [3.05, 3.63) is 0 Å². The molecule has 1 saturated heterocycles. The topological polar surface area (TPSA) is 18.5 Å². The van der Waals surface area contributed by atoms with E-state index < -0.39 is 0 Å². The van der Waals surface area contributed by atoms with Crippen LogP contribution in [0, 0.1) is 0 Å². The second kappa shape index (κ2) is 1.88. The molecule has 1 heterocycles. The van der Waals surface area contributed by atoms with Gasteiger partial charge in [0.25, 0.3) is 0 Å². The van der Waals surface area contributed by atoms with E-state index in [2.05, 4.69) is 0 Å². The molecule has 0 amide bonds. The molecule has 0 radical (unpaired) electrons. The van der Waals surface area contributed by atoms with Crippen LogP contribution in [0.25, 0.3) is 0 Å². The summed E-state index contributed by atoms with van der Waals surface area (Å²) in [6.45, 7) is 0. The van der Waals surface area contributed by atoms with Crippen LogP contribution in [0.1, 0.15) is 0 Å². The van der Waals surface area contributed by atoms with Crippen LogP contribution in [0.4, 0.5) is 0 Å². The summed E-state index contributed by atoms with van der Waals surface area (Å²) in [5.74, 6) is 0. The lowest BCUT2D eigenvalue weighted by molar-refractivity contribution is -0.0859. The fourth-order valence-corrected chi connectivity index (χ4v) is 7.95. The smallest absolute Gasteiger partial charge is 0.187 e. The van der Waals surface area contributed by atoms with Crippen molar-refractivity contribution < 1.29 is 9.15 Å². The second-order valence-electron chi connectivity index (χ2n) is 0.998. The summed E-state index contributed by atoms with van der Waals surface area (Å²) < 4.78 is 9.41. The van der Waals surface area contributed by atoms with Crippen LogP contribution in [0.5, 0.6) is 0 Å². The maximum atomic E-state index is 4.71. The second-order valence-corrected chi connectivity index (χ2v) is 13.9. The lowest BCUT2D eigenvalue weighted by atomic mass is 14.9. The van der Waals surface area contributed by atoms with Crippen molar-refractivity contribution >= 4 is 27.1 Å². The molecule has 30 valence electrons. The van der Waals surface area contributed by atoms with E-state index in [0.717, 1.165) is 0 Å². The van der Waals surface area contributed by atoms with Crippen molar-refractivity contribution in [2.24, 2.45) is 0 Å². The molecular weight excluding hydrogens is 116 g/mol. The summed E-state index contributed by atoms with van der Waals surface area (Å²) in [5.41, 5.74) is 0. The minimum atomic E-state index is 0.0216. The third-order valence-electron chi connectivity index (χ3n) is 0.539. The van der Waals surface area contributed by atoms with E-state index >= 15 is 0 Å². The lowest BCUT2D eigenvalue weighted by Gasteiger charge is -1.81. The van der Waals surface area contributed by atoms with Crippen molar-refractivity contribution in [2.75, 3.05) is 0 Å². The van der Waals surface area contributed by atoms with Gasteiger partial charge in [-0.2, -0.15) is 0 Å². The summed E-state index contributed by atoms with van der Waals surface area (Å²) >= 11 is 0. The van der Waals surface area contributed by atoms with E-state index in [1.807, 2.05) is 0 Å². The Morgan fingerprint density at radius 3 is 1.80 bits per heavy atom. The van der Waals surface area contributed by atoms with Gasteiger partial charge in [-0.15, -0.1) is 0 Å². The largest absolute Gasteiger partial charge is 0.311 e. The van der Waals surface area contributed by atoms with E-state index in [9.17, 15) is 0 Å². The molecule has 0 saturated carbocycles. The summed E-state index contributed by atoms with van der Waals surface area (Å²) in [6, 6.07) is 0. The molecule has 0 atom stereocenters. The Kier molecular flexibility index (Phi) is 1.41. The molecule has 0 unspecified atom stereocenters. The van der Waals surface area contributed by atoms with Gasteiger partial charge in [-0.25, -0.2) is 0 Å². The van der Waals surface area contributed by atoms with Crippen LogP contribution in [0.3, 0.4) is 0 Å². The maximum absolute atomic E-state index is 4.71. The highest BCUT2D eigenvalue weighted by atomic mass is 29.5. The highest BCUT2D eigenvalue weighted by Crippen LogP contribution is 1.76. The monoisotopic (exact) mass is 122 g/mol. The van der Waals surface area contributed by atoms with Crippen molar-refractivity contribution in [2.45, 2.75) is 0 Å². The van der Waals surface area contributed by atoms with Gasteiger partial charge in [-0.3, -0.25) is 0 Å². The van der Waals surface area contributed by atoms with E-state index in [0.29, 0.717) is 8.55 Å². The van der Waals surface area contributed by atoms with Gasteiger partial charge in [-0.1, -0.05) is 0 Å². The minimum Gasteiger partial charge on any atom is -0.311 e. The van der Waals surface area contributed by atoms with Crippen LogP contribution in [-0.2, 0) is 9.15 Å². The summed E-state index contributed by atoms with van der Waals surface area (Å²) in [5, 5.41) is 0. The molecule has 0 aromatic carbocycles. The van der Waals surface area contributed by atoms with Crippen molar-refractivity contribution in [3.63, 3.8) is 0 Å². The van der Waals surface area contributed by atoms with Crippen molar-refractivity contribution in [1.29, 1.82) is 0 Å². The molecule has 1 aliphatic heterocycles. The van der Waals surface area contributed by atoms with Gasteiger partial charge in [0, 0.05) is 0 Å². The van der Waals surface area contributed by atoms with Gasteiger partial charge in [0.05, 0.1) is 8.55 Å². The van der Waals surface area contributed by atoms with Crippen molar-refractivity contribution in [3.8, 4) is 0 Å². The van der Waals surface area contributed by atoms with E-state index in [1.54, 1.807) is 0 Å². The van der Waals surface area contributed by atoms with Gasteiger partial charge in [-0.05, 0) is 0 Å². The zero-order valence-electron chi connectivity index (χ0n) is 2.94. The molecule has 1 fully saturated rings. The molecule has 1 aliphatic rings. The first kappa shape index (κ1) is 3.75. The first-order chi connectivity index (χ1) is 2.50. The van der Waals surface area contributed by atoms with E-state index in [-0.39, 0.29) is 18.6 Å². The Hall–Kier alpha value is 0.571. The van der Waals surface area contributed by atoms with Crippen LogP contribution in [-0.4, -0.2) is 27.1 Å². The quantitative estimate of drug-likeness (QED) is 0.254. The highest BCUT2D eigenvalue weighted by molar-refractivity contribution is 7.27. The molecule has 2 nitrogen and oxygen atoms in total. The predicted molar refractivity (Wildman–Crippen MR) is 27.8 cm³/mol. The standard InChI is InChI=1S/H6O2Si3/c1-2-4-5-3-1/h3-5H2. The summed E-state index contributed by atoms with van der Waals surface area (Å²) in [4.78, 5) is 0. The van der Waals surface area contributed by atoms with E-state index in [1.165, 1.54) is 0 Å². The number of hydrogen-bond acceptors (Lipinski definition) is 2. The summed E-state index contributed by atoms with van der Waals surface area (Å²) in [6.07, 6.45) is 0. The zero-order chi connectivity index (χ0) is 3.54. The Morgan fingerprint density at radius 2 is 1.60 bits per heavy atom. The molecular formula is H6O2Si3. The van der Waals surface area contributed by atoms with Crippen LogP contribution < -0.4 is 0 Å². The molecule has 0 aromatic heterocycles. The average Bonchev–Trinajstić information content (AvgIpc) is 1.76. The Bertz CT molecular complexity index is 16.5. The average molecular weight is 122 g/mol. The minimum absolute atomic E-state index is 0.0216. The third-order valence-corrected chi connectivity index (χ3v) is 10.0. The molecule has 0 aliphatic carbocycles. The summed E-state index contributed by atoms with van der Waals surface area (Å²) in [7, 11) is 0.420. The van der Waals surface area contributed by atoms with Crippen LogP contribution in [0.2, 0.25) is 0 Å². The number of hydrogen-bond donors (Lipinski definition) is 0. The van der Waals surface area contributed by atoms with Gasteiger partial charge in [0.1, 0.15) is 0 Å². The third kappa shape index (κ3) is 0.973. The Balaban J connectivity index is 2.08. The van der Waals surface area contributed by atoms with E-state index in [4.69, 9.17) is 9.15 Å². The molecule has 0 bridgehead atoms. The normalized spacial score (nSPS) is 38.4. The fraction of sp³-hybridized carbons (Fsp3) is 0. The van der Waals surface area contributed by atoms with Crippen LogP contribution >= 0.6 is 0 Å². The number of rotatable bonds is 0. The molecule has 0 aromatic rings. The van der Waals surface area contributed by atoms with Gasteiger partial charge >= 0.3 is 0 Å².